The van der Waals surface area contributed by atoms with E-state index in [0.29, 0.717) is 6.04 Å². The largest absolute Gasteiger partial charge is 0.392 e. The van der Waals surface area contributed by atoms with Gasteiger partial charge in [-0.3, -0.25) is 0 Å². The lowest BCUT2D eigenvalue weighted by molar-refractivity contribution is 0.282. The molecule has 1 aromatic rings. The molecular formula is C12H16BrNOS. The van der Waals surface area contributed by atoms with Crippen molar-refractivity contribution >= 4 is 33.4 Å². The first-order valence-electron chi connectivity index (χ1n) is 5.42. The molecule has 1 aliphatic heterocycles. The summed E-state index contributed by atoms with van der Waals surface area (Å²) in [6.07, 6.45) is 1.26. The summed E-state index contributed by atoms with van der Waals surface area (Å²) < 4.78 is 1.07. The Labute approximate surface area is 109 Å². The van der Waals surface area contributed by atoms with Gasteiger partial charge in [-0.15, -0.1) is 0 Å². The molecule has 4 heteroatoms. The monoisotopic (exact) mass is 301 g/mol. The summed E-state index contributed by atoms with van der Waals surface area (Å²) in [6.45, 7) is 0.0991. The lowest BCUT2D eigenvalue weighted by atomic mass is 10.1. The summed E-state index contributed by atoms with van der Waals surface area (Å²) >= 11 is 5.60. The average Bonchev–Trinajstić information content (AvgIpc) is 2.81. The summed E-state index contributed by atoms with van der Waals surface area (Å²) in [4.78, 5) is 2.34. The van der Waals surface area contributed by atoms with Crippen LogP contribution in [0.25, 0.3) is 0 Å². The normalized spacial score (nSPS) is 20.1. The first-order chi connectivity index (χ1) is 7.72. The maximum absolute atomic E-state index is 9.07. The van der Waals surface area contributed by atoms with Gasteiger partial charge in [-0.25, -0.2) is 0 Å². The number of aliphatic hydroxyl groups is 1. The van der Waals surface area contributed by atoms with Gasteiger partial charge < -0.3 is 10.0 Å². The fraction of sp³-hybridized carbons (Fsp3) is 0.500. The second kappa shape index (κ2) is 5.43. The van der Waals surface area contributed by atoms with Gasteiger partial charge in [0.05, 0.1) is 12.3 Å². The minimum Gasteiger partial charge on any atom is -0.392 e. The Kier molecular flexibility index (Phi) is 4.16. The van der Waals surface area contributed by atoms with E-state index < -0.39 is 0 Å². The molecule has 1 aromatic carbocycles. The zero-order valence-electron chi connectivity index (χ0n) is 9.32. The molecule has 0 aromatic heterocycles. The first kappa shape index (κ1) is 12.3. The van der Waals surface area contributed by atoms with Crippen molar-refractivity contribution in [1.29, 1.82) is 0 Å². The third-order valence-corrected chi connectivity index (χ3v) is 4.81. The highest BCUT2D eigenvalue weighted by Gasteiger charge is 2.21. The highest BCUT2D eigenvalue weighted by Crippen LogP contribution is 2.31. The van der Waals surface area contributed by atoms with Crippen LogP contribution in [0.1, 0.15) is 12.0 Å². The van der Waals surface area contributed by atoms with Crippen LogP contribution in [0.5, 0.6) is 0 Å². The van der Waals surface area contributed by atoms with Crippen LogP contribution in [0, 0.1) is 0 Å². The van der Waals surface area contributed by atoms with Crippen LogP contribution in [-0.2, 0) is 6.61 Å². The van der Waals surface area contributed by atoms with E-state index in [9.17, 15) is 0 Å². The number of anilines is 1. The Morgan fingerprint density at radius 3 is 2.94 bits per heavy atom. The lowest BCUT2D eigenvalue weighted by Gasteiger charge is -2.27. The molecule has 0 spiro atoms. The van der Waals surface area contributed by atoms with Crippen molar-refractivity contribution in [2.45, 2.75) is 19.1 Å². The molecule has 1 N–H and O–H groups in total. The van der Waals surface area contributed by atoms with Crippen molar-refractivity contribution in [2.75, 3.05) is 23.5 Å². The first-order valence-corrected chi connectivity index (χ1v) is 7.37. The second-order valence-corrected chi connectivity index (χ2v) is 6.08. The SMILES string of the molecule is CN(c1ccc(CO)cc1Br)C1CCSC1. The Morgan fingerprint density at radius 1 is 1.56 bits per heavy atom. The molecule has 88 valence electrons. The zero-order valence-corrected chi connectivity index (χ0v) is 11.7. The molecule has 0 radical (unpaired) electrons. The molecule has 1 saturated heterocycles. The molecule has 0 amide bonds. The van der Waals surface area contributed by atoms with E-state index in [4.69, 9.17) is 5.11 Å². The predicted octanol–water partition coefficient (Wildman–Crippen LogP) is 2.88. The quantitative estimate of drug-likeness (QED) is 0.929. The Balaban J connectivity index is 2.19. The fourth-order valence-corrected chi connectivity index (χ4v) is 3.93. The van der Waals surface area contributed by atoms with Crippen molar-refractivity contribution < 1.29 is 5.11 Å². The van der Waals surface area contributed by atoms with Gasteiger partial charge in [0.15, 0.2) is 0 Å². The van der Waals surface area contributed by atoms with E-state index in [1.165, 1.54) is 23.6 Å². The molecule has 1 atom stereocenters. The van der Waals surface area contributed by atoms with Crippen molar-refractivity contribution in [3.63, 3.8) is 0 Å². The third-order valence-electron chi connectivity index (χ3n) is 3.03. The summed E-state index contributed by atoms with van der Waals surface area (Å²) in [6, 6.07) is 6.70. The molecule has 2 rings (SSSR count). The number of benzene rings is 1. The van der Waals surface area contributed by atoms with E-state index in [1.54, 1.807) is 0 Å². The van der Waals surface area contributed by atoms with Crippen LogP contribution in [0.3, 0.4) is 0 Å². The summed E-state index contributed by atoms with van der Waals surface area (Å²) in [5.74, 6) is 2.48. The van der Waals surface area contributed by atoms with E-state index in [1.807, 2.05) is 23.9 Å². The van der Waals surface area contributed by atoms with Crippen LogP contribution < -0.4 is 4.90 Å². The van der Waals surface area contributed by atoms with Crippen LogP contribution in [0.2, 0.25) is 0 Å². The molecule has 1 unspecified atom stereocenters. The minimum atomic E-state index is 0.0991. The molecular weight excluding hydrogens is 286 g/mol. The van der Waals surface area contributed by atoms with Crippen molar-refractivity contribution in [3.8, 4) is 0 Å². The van der Waals surface area contributed by atoms with Crippen molar-refractivity contribution in [2.24, 2.45) is 0 Å². The molecule has 0 aliphatic carbocycles. The smallest absolute Gasteiger partial charge is 0.0682 e. The zero-order chi connectivity index (χ0) is 11.5. The summed E-state index contributed by atoms with van der Waals surface area (Å²) in [5.41, 5.74) is 2.16. The molecule has 2 nitrogen and oxygen atoms in total. The standard InChI is InChI=1S/C12H16BrNOS/c1-14(10-4-5-16-8-10)12-3-2-9(7-15)6-11(12)13/h2-3,6,10,15H,4-5,7-8H2,1H3. The van der Waals surface area contributed by atoms with E-state index in [-0.39, 0.29) is 6.61 Å². The van der Waals surface area contributed by atoms with Gasteiger partial charge in [-0.2, -0.15) is 11.8 Å². The van der Waals surface area contributed by atoms with Crippen LogP contribution in [-0.4, -0.2) is 29.7 Å². The van der Waals surface area contributed by atoms with Gasteiger partial charge in [0.2, 0.25) is 0 Å². The molecule has 0 saturated carbocycles. The molecule has 16 heavy (non-hydrogen) atoms. The van der Waals surface area contributed by atoms with E-state index >= 15 is 0 Å². The number of halogens is 1. The van der Waals surface area contributed by atoms with Crippen molar-refractivity contribution in [1.82, 2.24) is 0 Å². The number of hydrogen-bond donors (Lipinski definition) is 1. The van der Waals surface area contributed by atoms with Gasteiger partial charge in [0, 0.05) is 23.3 Å². The molecule has 1 aliphatic rings. The van der Waals surface area contributed by atoms with Crippen LogP contribution in [0.4, 0.5) is 5.69 Å². The number of hydrogen-bond acceptors (Lipinski definition) is 3. The van der Waals surface area contributed by atoms with Gasteiger partial charge >= 0.3 is 0 Å². The fourth-order valence-electron chi connectivity index (χ4n) is 1.96. The van der Waals surface area contributed by atoms with E-state index in [0.717, 1.165) is 10.0 Å². The minimum absolute atomic E-state index is 0.0991. The summed E-state index contributed by atoms with van der Waals surface area (Å²) in [7, 11) is 2.15. The van der Waals surface area contributed by atoms with Gasteiger partial charge in [0.25, 0.3) is 0 Å². The Morgan fingerprint density at radius 2 is 2.38 bits per heavy atom. The Bertz CT molecular complexity index is 366. The van der Waals surface area contributed by atoms with Gasteiger partial charge in [-0.05, 0) is 45.8 Å². The van der Waals surface area contributed by atoms with Gasteiger partial charge in [0.1, 0.15) is 0 Å². The van der Waals surface area contributed by atoms with Crippen LogP contribution in [0.15, 0.2) is 22.7 Å². The topological polar surface area (TPSA) is 23.5 Å². The number of nitrogens with zero attached hydrogens (tertiary/aromatic N) is 1. The number of aliphatic hydroxyl groups excluding tert-OH is 1. The highest BCUT2D eigenvalue weighted by molar-refractivity contribution is 9.10. The average molecular weight is 302 g/mol. The Hall–Kier alpha value is -0.190. The molecule has 1 fully saturated rings. The molecule has 1 heterocycles. The third kappa shape index (κ3) is 2.55. The summed E-state index contributed by atoms with van der Waals surface area (Å²) in [5, 5.41) is 9.07. The highest BCUT2D eigenvalue weighted by atomic mass is 79.9. The molecule has 0 bridgehead atoms. The van der Waals surface area contributed by atoms with Gasteiger partial charge in [-0.1, -0.05) is 6.07 Å². The maximum Gasteiger partial charge on any atom is 0.0682 e. The maximum atomic E-state index is 9.07. The second-order valence-electron chi connectivity index (χ2n) is 4.07. The number of rotatable bonds is 3. The lowest BCUT2D eigenvalue weighted by Crippen LogP contribution is -2.31. The van der Waals surface area contributed by atoms with Crippen molar-refractivity contribution in [3.05, 3.63) is 28.2 Å². The van der Waals surface area contributed by atoms with Crippen LogP contribution >= 0.6 is 27.7 Å². The van der Waals surface area contributed by atoms with E-state index in [2.05, 4.69) is 33.9 Å². The number of thioether (sulfide) groups is 1. The predicted molar refractivity (Wildman–Crippen MR) is 74.2 cm³/mol.